The highest BCUT2D eigenvalue weighted by Gasteiger charge is 2.15. The average Bonchev–Trinajstić information content (AvgIpc) is 2.76. The Kier molecular flexibility index (Phi) is 19.3. The van der Waals surface area contributed by atoms with Crippen LogP contribution in [0, 0.1) is 0 Å². The van der Waals surface area contributed by atoms with Crippen molar-refractivity contribution in [2.75, 3.05) is 19.0 Å². The first kappa shape index (κ1) is 29.4. The van der Waals surface area contributed by atoms with Crippen LogP contribution in [0.15, 0.2) is 30.3 Å². The van der Waals surface area contributed by atoms with Gasteiger partial charge < -0.3 is 20.2 Å². The highest BCUT2D eigenvalue weighted by atomic mass is 16.4. The molecule has 0 heterocycles. The van der Waals surface area contributed by atoms with Crippen LogP contribution >= 0.6 is 0 Å². The first-order valence-corrected chi connectivity index (χ1v) is 12.2. The molecule has 1 aromatic carbocycles. The van der Waals surface area contributed by atoms with E-state index in [1.165, 1.54) is 31.4 Å². The van der Waals surface area contributed by atoms with Gasteiger partial charge in [0.05, 0.1) is 12.2 Å². The Morgan fingerprint density at radius 3 is 1.65 bits per heavy atom. The van der Waals surface area contributed by atoms with Crippen molar-refractivity contribution in [2.24, 2.45) is 0 Å². The lowest BCUT2D eigenvalue weighted by molar-refractivity contribution is -0.137. The van der Waals surface area contributed by atoms with Gasteiger partial charge in [0, 0.05) is 26.2 Å². The molecule has 0 aliphatic rings. The Balaban J connectivity index is 0.000000823. The predicted molar refractivity (Wildman–Crippen MR) is 131 cm³/mol. The second-order valence-corrected chi connectivity index (χ2v) is 8.62. The zero-order valence-electron chi connectivity index (χ0n) is 20.1. The molecule has 180 valence electrons. The van der Waals surface area contributed by atoms with E-state index < -0.39 is 18.2 Å². The monoisotopic (exact) mass is 437 g/mol. The van der Waals surface area contributed by atoms with E-state index in [0.717, 1.165) is 44.9 Å². The van der Waals surface area contributed by atoms with E-state index in [2.05, 4.69) is 24.0 Å². The summed E-state index contributed by atoms with van der Waals surface area (Å²) in [5.41, 5.74) is 1.25. The molecule has 0 aliphatic heterocycles. The van der Waals surface area contributed by atoms with Crippen LogP contribution in [-0.4, -0.2) is 47.6 Å². The summed E-state index contributed by atoms with van der Waals surface area (Å²) in [6, 6.07) is 10.3. The van der Waals surface area contributed by atoms with Crippen molar-refractivity contribution in [1.29, 1.82) is 0 Å². The third-order valence-electron chi connectivity index (χ3n) is 5.46. The number of carbonyl (C=O) groups is 1. The van der Waals surface area contributed by atoms with E-state index in [-0.39, 0.29) is 6.42 Å². The summed E-state index contributed by atoms with van der Waals surface area (Å²) < 4.78 is 0. The number of para-hydroxylation sites is 1. The van der Waals surface area contributed by atoms with Crippen LogP contribution in [0.5, 0.6) is 0 Å². The minimum Gasteiger partial charge on any atom is -0.481 e. The van der Waals surface area contributed by atoms with Crippen molar-refractivity contribution in [2.45, 2.75) is 109 Å². The molecule has 0 aromatic heterocycles. The Morgan fingerprint density at radius 1 is 0.774 bits per heavy atom. The zero-order chi connectivity index (χ0) is 23.3. The number of nitrogens with zero attached hydrogens (tertiary/aromatic N) is 1. The van der Waals surface area contributed by atoms with Crippen LogP contribution in [0.3, 0.4) is 0 Å². The van der Waals surface area contributed by atoms with Gasteiger partial charge in [-0.1, -0.05) is 89.3 Å². The topological polar surface area (TPSA) is 81.0 Å². The highest BCUT2D eigenvalue weighted by Crippen LogP contribution is 2.15. The Bertz CT molecular complexity index is 521. The first-order valence-electron chi connectivity index (χ1n) is 12.2. The number of aliphatic hydroxyl groups is 2. The van der Waals surface area contributed by atoms with Gasteiger partial charge in [-0.15, -0.1) is 0 Å². The SMILES string of the molecule is CCCCCCCCC(O)C(O)CCCCCCCC(=O)O.CN(C)c1ccccc1. The molecule has 0 bridgehead atoms. The molecule has 5 heteroatoms. The van der Waals surface area contributed by atoms with Crippen LogP contribution in [-0.2, 0) is 4.79 Å². The highest BCUT2D eigenvalue weighted by molar-refractivity contribution is 5.66. The molecule has 0 aliphatic carbocycles. The number of carboxylic acid groups (broad SMARTS) is 1. The maximum absolute atomic E-state index is 10.4. The smallest absolute Gasteiger partial charge is 0.303 e. The third kappa shape index (κ3) is 18.9. The molecule has 0 fully saturated rings. The molecular weight excluding hydrogens is 390 g/mol. The number of aliphatic carboxylic acids is 1. The summed E-state index contributed by atoms with van der Waals surface area (Å²) in [6.07, 6.45) is 12.2. The van der Waals surface area contributed by atoms with Gasteiger partial charge in [0.2, 0.25) is 0 Å². The van der Waals surface area contributed by atoms with Gasteiger partial charge in [0.15, 0.2) is 0 Å². The number of rotatable bonds is 17. The fraction of sp³-hybridized carbons (Fsp3) is 0.731. The molecule has 0 saturated heterocycles. The van der Waals surface area contributed by atoms with Crippen LogP contribution in [0.4, 0.5) is 5.69 Å². The summed E-state index contributed by atoms with van der Waals surface area (Å²) in [5.74, 6) is -0.728. The van der Waals surface area contributed by atoms with E-state index in [0.29, 0.717) is 12.8 Å². The quantitative estimate of drug-likeness (QED) is 0.259. The molecule has 0 spiro atoms. The lowest BCUT2D eigenvalue weighted by Crippen LogP contribution is -2.25. The molecular formula is C26H47NO4. The second-order valence-electron chi connectivity index (χ2n) is 8.62. The number of benzene rings is 1. The van der Waals surface area contributed by atoms with E-state index in [1.807, 2.05) is 32.3 Å². The van der Waals surface area contributed by atoms with Gasteiger partial charge in [0.1, 0.15) is 0 Å². The van der Waals surface area contributed by atoms with Crippen LogP contribution < -0.4 is 4.90 Å². The van der Waals surface area contributed by atoms with Crippen molar-refractivity contribution in [3.8, 4) is 0 Å². The van der Waals surface area contributed by atoms with Crippen LogP contribution in [0.1, 0.15) is 96.8 Å². The van der Waals surface area contributed by atoms with E-state index in [9.17, 15) is 15.0 Å². The number of anilines is 1. The third-order valence-corrected chi connectivity index (χ3v) is 5.46. The van der Waals surface area contributed by atoms with Gasteiger partial charge >= 0.3 is 5.97 Å². The maximum Gasteiger partial charge on any atom is 0.303 e. The molecule has 31 heavy (non-hydrogen) atoms. The van der Waals surface area contributed by atoms with Crippen LogP contribution in [0.2, 0.25) is 0 Å². The molecule has 1 rings (SSSR count). The van der Waals surface area contributed by atoms with Crippen molar-refractivity contribution < 1.29 is 20.1 Å². The molecule has 2 atom stereocenters. The number of hydrogen-bond acceptors (Lipinski definition) is 4. The number of aliphatic hydroxyl groups excluding tert-OH is 2. The summed E-state index contributed by atoms with van der Waals surface area (Å²) in [4.78, 5) is 12.4. The van der Waals surface area contributed by atoms with Crippen molar-refractivity contribution in [3.05, 3.63) is 30.3 Å². The van der Waals surface area contributed by atoms with E-state index in [4.69, 9.17) is 5.11 Å². The molecule has 0 radical (unpaired) electrons. The fourth-order valence-corrected chi connectivity index (χ4v) is 3.40. The summed E-state index contributed by atoms with van der Waals surface area (Å²) in [5, 5.41) is 28.3. The van der Waals surface area contributed by atoms with Gasteiger partial charge in [0.25, 0.3) is 0 Å². The number of unbranched alkanes of at least 4 members (excludes halogenated alkanes) is 9. The molecule has 1 aromatic rings. The lowest BCUT2D eigenvalue weighted by atomic mass is 9.99. The van der Waals surface area contributed by atoms with Crippen molar-refractivity contribution in [3.63, 3.8) is 0 Å². The standard InChI is InChI=1S/C18H36O4.C8H11N/c1-2-3-4-5-7-10-13-16(19)17(20)14-11-8-6-9-12-15-18(21)22;1-9(2)8-6-4-3-5-7-8/h16-17,19-20H,2-15H2,1H3,(H,21,22);3-7H,1-2H3. The average molecular weight is 438 g/mol. The predicted octanol–water partition coefficient (Wildman–Crippen LogP) is 6.03. The Morgan fingerprint density at radius 2 is 1.23 bits per heavy atom. The summed E-state index contributed by atoms with van der Waals surface area (Å²) >= 11 is 0. The molecule has 0 saturated carbocycles. The summed E-state index contributed by atoms with van der Waals surface area (Å²) in [6.45, 7) is 2.20. The van der Waals surface area contributed by atoms with E-state index >= 15 is 0 Å². The van der Waals surface area contributed by atoms with Crippen molar-refractivity contribution in [1.82, 2.24) is 0 Å². The molecule has 5 nitrogen and oxygen atoms in total. The molecule has 3 N–H and O–H groups in total. The van der Waals surface area contributed by atoms with Gasteiger partial charge in [-0.25, -0.2) is 0 Å². The normalized spacial score (nSPS) is 12.5. The number of hydrogen-bond donors (Lipinski definition) is 3. The summed E-state index contributed by atoms with van der Waals surface area (Å²) in [7, 11) is 4.07. The lowest BCUT2D eigenvalue weighted by Gasteiger charge is -2.17. The largest absolute Gasteiger partial charge is 0.481 e. The van der Waals surface area contributed by atoms with Gasteiger partial charge in [-0.2, -0.15) is 0 Å². The number of carboxylic acids is 1. The minimum absolute atomic E-state index is 0.250. The minimum atomic E-state index is -0.728. The fourth-order valence-electron chi connectivity index (χ4n) is 3.40. The molecule has 2 unspecified atom stereocenters. The zero-order valence-corrected chi connectivity index (χ0v) is 20.1. The first-order chi connectivity index (χ1) is 14.9. The van der Waals surface area contributed by atoms with Crippen LogP contribution in [0.25, 0.3) is 0 Å². The van der Waals surface area contributed by atoms with Crippen molar-refractivity contribution >= 4 is 11.7 Å². The maximum atomic E-state index is 10.4. The van der Waals surface area contributed by atoms with Gasteiger partial charge in [-0.3, -0.25) is 4.79 Å². The molecule has 0 amide bonds. The van der Waals surface area contributed by atoms with Gasteiger partial charge in [-0.05, 0) is 31.4 Å². The Labute approximate surface area is 190 Å². The second kappa shape index (κ2) is 20.3. The van der Waals surface area contributed by atoms with E-state index in [1.54, 1.807) is 0 Å². The Hall–Kier alpha value is -1.59.